The number of rotatable bonds is 8. The predicted molar refractivity (Wildman–Crippen MR) is 142 cm³/mol. The fourth-order valence-electron chi connectivity index (χ4n) is 2.26. The third kappa shape index (κ3) is 19.9. The highest BCUT2D eigenvalue weighted by Crippen LogP contribution is 2.30. The van der Waals surface area contributed by atoms with E-state index < -0.39 is 0 Å². The van der Waals surface area contributed by atoms with Gasteiger partial charge in [0.25, 0.3) is 0 Å². The van der Waals surface area contributed by atoms with Gasteiger partial charge in [-0.1, -0.05) is 75.7 Å². The van der Waals surface area contributed by atoms with E-state index in [9.17, 15) is 14.0 Å². The molecule has 0 heterocycles. The van der Waals surface area contributed by atoms with Crippen molar-refractivity contribution in [2.75, 3.05) is 7.05 Å². The van der Waals surface area contributed by atoms with Crippen molar-refractivity contribution >= 4 is 12.6 Å². The molecule has 0 amide bonds. The Bertz CT molecular complexity index is 648. The lowest BCUT2D eigenvalue weighted by Crippen LogP contribution is -2.25. The van der Waals surface area contributed by atoms with E-state index in [4.69, 9.17) is 4.74 Å². The lowest BCUT2D eigenvalue weighted by atomic mass is 9.84. The fraction of sp³-hybridized carbons (Fsp3) is 0.571. The van der Waals surface area contributed by atoms with Crippen molar-refractivity contribution in [1.29, 1.82) is 0 Å². The van der Waals surface area contributed by atoms with Gasteiger partial charge in [0.1, 0.15) is 17.9 Å². The molecule has 0 radical (unpaired) electrons. The molecule has 0 saturated carbocycles. The molecule has 0 unspecified atom stereocenters. The highest BCUT2D eigenvalue weighted by molar-refractivity contribution is 5.72. The molecule has 1 aromatic rings. The smallest absolute Gasteiger partial charge is 0.185 e. The van der Waals surface area contributed by atoms with Crippen LogP contribution in [0.5, 0.6) is 5.75 Å². The van der Waals surface area contributed by atoms with Crippen LogP contribution in [0.4, 0.5) is 4.39 Å². The Labute approximate surface area is 203 Å². The summed E-state index contributed by atoms with van der Waals surface area (Å²) < 4.78 is 18.4. The second kappa shape index (κ2) is 25.8. The van der Waals surface area contributed by atoms with Crippen molar-refractivity contribution < 1.29 is 18.7 Å². The molecular formula is C28H50FNO3. The van der Waals surface area contributed by atoms with Crippen molar-refractivity contribution in [3.05, 3.63) is 53.2 Å². The van der Waals surface area contributed by atoms with Crippen molar-refractivity contribution in [2.45, 2.75) is 95.4 Å². The average Bonchev–Trinajstić information content (AvgIpc) is 2.83. The molecule has 0 spiro atoms. The molecule has 1 N–H and O–H groups in total. The molecule has 4 nitrogen and oxygen atoms in total. The number of carbonyl (C=O) groups is 2. The maximum absolute atomic E-state index is 12.9. The van der Waals surface area contributed by atoms with Gasteiger partial charge in [0.2, 0.25) is 0 Å². The van der Waals surface area contributed by atoms with Crippen LogP contribution in [-0.2, 0) is 9.59 Å². The van der Waals surface area contributed by atoms with E-state index in [1.807, 2.05) is 48.6 Å². The second-order valence-electron chi connectivity index (χ2n) is 7.05. The highest BCUT2D eigenvalue weighted by Gasteiger charge is 2.21. The Hall–Kier alpha value is -2.43. The van der Waals surface area contributed by atoms with Gasteiger partial charge in [-0.3, -0.25) is 4.79 Å². The van der Waals surface area contributed by atoms with Crippen molar-refractivity contribution in [2.24, 2.45) is 5.41 Å². The number of aldehydes is 2. The molecule has 0 fully saturated rings. The van der Waals surface area contributed by atoms with Crippen molar-refractivity contribution in [3.63, 3.8) is 0 Å². The van der Waals surface area contributed by atoms with Crippen molar-refractivity contribution in [3.8, 4) is 5.75 Å². The molecule has 0 aliphatic carbocycles. The maximum Gasteiger partial charge on any atom is 0.185 e. The minimum atomic E-state index is -0.345. The van der Waals surface area contributed by atoms with E-state index in [1.54, 1.807) is 6.08 Å². The van der Waals surface area contributed by atoms with Gasteiger partial charge in [0.15, 0.2) is 12.0 Å². The molecular weight excluding hydrogens is 417 g/mol. The Morgan fingerprint density at radius 2 is 1.42 bits per heavy atom. The van der Waals surface area contributed by atoms with Crippen LogP contribution in [0.1, 0.15) is 95.4 Å². The monoisotopic (exact) mass is 467 g/mol. The quantitative estimate of drug-likeness (QED) is 0.181. The van der Waals surface area contributed by atoms with E-state index in [1.165, 1.54) is 30.7 Å². The zero-order chi connectivity index (χ0) is 26.9. The predicted octanol–water partition coefficient (Wildman–Crippen LogP) is 8.28. The first-order valence-electron chi connectivity index (χ1n) is 12.1. The summed E-state index contributed by atoms with van der Waals surface area (Å²) >= 11 is 0. The molecule has 192 valence electrons. The molecule has 0 aromatic heterocycles. The third-order valence-electron chi connectivity index (χ3n) is 3.90. The topological polar surface area (TPSA) is 55.4 Å². The van der Waals surface area contributed by atoms with Gasteiger partial charge in [-0.05, 0) is 49.3 Å². The molecule has 0 aliphatic rings. The maximum atomic E-state index is 12.9. The van der Waals surface area contributed by atoms with Crippen LogP contribution in [-0.4, -0.2) is 19.6 Å². The van der Waals surface area contributed by atoms with Crippen LogP contribution in [0.25, 0.3) is 0 Å². The summed E-state index contributed by atoms with van der Waals surface area (Å²) in [6.45, 7) is 22.4. The van der Waals surface area contributed by atoms with Gasteiger partial charge >= 0.3 is 0 Å². The Morgan fingerprint density at radius 3 is 1.73 bits per heavy atom. The largest absolute Gasteiger partial charge is 0.454 e. The summed E-state index contributed by atoms with van der Waals surface area (Å²) in [6.07, 6.45) is 6.07. The van der Waals surface area contributed by atoms with E-state index in [0.717, 1.165) is 24.0 Å². The van der Waals surface area contributed by atoms with E-state index in [0.29, 0.717) is 18.5 Å². The normalized spacial score (nSPS) is 10.6. The van der Waals surface area contributed by atoms with Gasteiger partial charge in [-0.25, -0.2) is 4.39 Å². The fourth-order valence-corrected chi connectivity index (χ4v) is 2.26. The standard InChI is InChI=1S/C18H24FNO2.C3H6O.C3H8.2C2H6/c1-6-18(3,4)17(20-5)13(2)11-16(12-21)22-15-9-7-14(19)8-10-15;1-2-3-4;1-3-2;2*1-2/h7-12,20H,6H2,1-5H3;3H,2H2,1H3;3H2,1-2H3;2*1-2H3/b16-11+,17-13-;;;;. The van der Waals surface area contributed by atoms with Crippen LogP contribution in [0.15, 0.2) is 47.4 Å². The van der Waals surface area contributed by atoms with Gasteiger partial charge in [0, 0.05) is 24.6 Å². The van der Waals surface area contributed by atoms with Gasteiger partial charge in [-0.2, -0.15) is 0 Å². The number of halogens is 1. The number of carbonyl (C=O) groups excluding carboxylic acids is 2. The lowest BCUT2D eigenvalue weighted by Gasteiger charge is -2.28. The van der Waals surface area contributed by atoms with Crippen LogP contribution in [0, 0.1) is 11.2 Å². The number of allylic oxidation sites excluding steroid dienone is 4. The zero-order valence-corrected chi connectivity index (χ0v) is 23.3. The minimum absolute atomic E-state index is 0.0286. The first kappa shape index (κ1) is 37.9. The van der Waals surface area contributed by atoms with Crippen molar-refractivity contribution in [1.82, 2.24) is 5.32 Å². The highest BCUT2D eigenvalue weighted by atomic mass is 19.1. The first-order valence-corrected chi connectivity index (χ1v) is 12.1. The molecule has 0 bridgehead atoms. The Balaban J connectivity index is -0.000000324. The summed E-state index contributed by atoms with van der Waals surface area (Å²) in [4.78, 5) is 20.4. The van der Waals surface area contributed by atoms with Crippen LogP contribution >= 0.6 is 0 Å². The second-order valence-corrected chi connectivity index (χ2v) is 7.05. The molecule has 0 saturated heterocycles. The van der Waals surface area contributed by atoms with Crippen LogP contribution < -0.4 is 10.1 Å². The lowest BCUT2D eigenvalue weighted by molar-refractivity contribution is -0.107. The number of ether oxygens (including phenoxy) is 1. The minimum Gasteiger partial charge on any atom is -0.454 e. The van der Waals surface area contributed by atoms with Gasteiger partial charge < -0.3 is 14.8 Å². The molecule has 1 aromatic carbocycles. The summed E-state index contributed by atoms with van der Waals surface area (Å²) in [6, 6.07) is 5.56. The van der Waals surface area contributed by atoms with Gasteiger partial charge in [-0.15, -0.1) is 0 Å². The first-order chi connectivity index (χ1) is 15.7. The molecule has 33 heavy (non-hydrogen) atoms. The molecule has 0 atom stereocenters. The summed E-state index contributed by atoms with van der Waals surface area (Å²) in [5.41, 5.74) is 1.95. The Morgan fingerprint density at radius 1 is 1.00 bits per heavy atom. The molecule has 5 heteroatoms. The average molecular weight is 468 g/mol. The van der Waals surface area contributed by atoms with Crippen LogP contribution in [0.3, 0.4) is 0 Å². The number of hydrogen-bond donors (Lipinski definition) is 1. The summed E-state index contributed by atoms with van der Waals surface area (Å²) in [5, 5.41) is 3.21. The molecule has 1 rings (SSSR count). The summed E-state index contributed by atoms with van der Waals surface area (Å²) in [5.74, 6) is 0.263. The molecule has 0 aliphatic heterocycles. The van der Waals surface area contributed by atoms with E-state index in [-0.39, 0.29) is 17.0 Å². The number of hydrogen-bond acceptors (Lipinski definition) is 4. The third-order valence-corrected chi connectivity index (χ3v) is 3.90. The zero-order valence-electron chi connectivity index (χ0n) is 23.3. The number of nitrogens with one attached hydrogen (secondary N) is 1. The van der Waals surface area contributed by atoms with Gasteiger partial charge in [0.05, 0.1) is 0 Å². The number of benzene rings is 1. The van der Waals surface area contributed by atoms with E-state index in [2.05, 4.69) is 39.9 Å². The Kier molecular flexibility index (Phi) is 29.6. The van der Waals surface area contributed by atoms with Crippen LogP contribution in [0.2, 0.25) is 0 Å². The SMILES string of the molecule is CC.CC.CCC.CCC(C)(C)/C(NC)=C(C)/C=C(\C=O)Oc1ccc(F)cc1.CCC=O. The summed E-state index contributed by atoms with van der Waals surface area (Å²) in [7, 11) is 1.87. The van der Waals surface area contributed by atoms with E-state index >= 15 is 0 Å².